The fraction of sp³-hybridized carbons (Fsp3) is 0.556. The highest BCUT2D eigenvalue weighted by atomic mass is 16.5. The van der Waals surface area contributed by atoms with E-state index in [2.05, 4.69) is 50.4 Å². The second-order valence-corrected chi connectivity index (χ2v) is 6.29. The number of ether oxygens (including phenoxy) is 1. The average Bonchev–Trinajstić information content (AvgIpc) is 3.07. The van der Waals surface area contributed by atoms with E-state index in [0.717, 1.165) is 43.8 Å². The molecule has 1 N–H and O–H groups in total. The predicted octanol–water partition coefficient (Wildman–Crippen LogP) is 4.35. The number of aryl methyl sites for hydroxylation is 1. The maximum Gasteiger partial charge on any atom is 0.137 e. The zero-order valence-corrected chi connectivity index (χ0v) is 13.2. The number of furan rings is 1. The van der Waals surface area contributed by atoms with Crippen LogP contribution < -0.4 is 5.32 Å². The van der Waals surface area contributed by atoms with Crippen LogP contribution in [0.3, 0.4) is 0 Å². The van der Waals surface area contributed by atoms with Crippen molar-refractivity contribution in [2.24, 2.45) is 0 Å². The van der Waals surface area contributed by atoms with Gasteiger partial charge in [-0.15, -0.1) is 0 Å². The molecule has 0 saturated carbocycles. The van der Waals surface area contributed by atoms with E-state index in [4.69, 9.17) is 9.15 Å². The number of benzene rings is 1. The standard InChI is InChI=1S/C18H25NO2/c1-4-10-19-17(18(3)9-6-11-20-18)15-12-14-8-5-7-13(2)16(14)21-15/h5,7-8,12,17,19H,4,6,9-11H2,1-3H3. The van der Waals surface area contributed by atoms with Gasteiger partial charge in [-0.05, 0) is 51.3 Å². The highest BCUT2D eigenvalue weighted by Crippen LogP contribution is 2.39. The summed E-state index contributed by atoms with van der Waals surface area (Å²) in [5, 5.41) is 4.81. The largest absolute Gasteiger partial charge is 0.459 e. The number of nitrogens with one attached hydrogen (secondary N) is 1. The molecule has 0 spiro atoms. The van der Waals surface area contributed by atoms with Gasteiger partial charge in [-0.25, -0.2) is 0 Å². The van der Waals surface area contributed by atoms with Crippen molar-refractivity contribution in [1.29, 1.82) is 0 Å². The minimum absolute atomic E-state index is 0.117. The van der Waals surface area contributed by atoms with Gasteiger partial charge >= 0.3 is 0 Å². The fourth-order valence-corrected chi connectivity index (χ4v) is 3.31. The van der Waals surface area contributed by atoms with Crippen LogP contribution in [0.2, 0.25) is 0 Å². The molecule has 0 bridgehead atoms. The molecule has 3 nitrogen and oxygen atoms in total. The smallest absolute Gasteiger partial charge is 0.137 e. The van der Waals surface area contributed by atoms with Gasteiger partial charge < -0.3 is 14.5 Å². The summed E-state index contributed by atoms with van der Waals surface area (Å²) in [6, 6.07) is 8.58. The van der Waals surface area contributed by atoms with Crippen LogP contribution in [0.5, 0.6) is 0 Å². The van der Waals surface area contributed by atoms with Crippen molar-refractivity contribution < 1.29 is 9.15 Å². The Morgan fingerprint density at radius 3 is 2.90 bits per heavy atom. The first-order valence-corrected chi connectivity index (χ1v) is 8.00. The Balaban J connectivity index is 1.99. The van der Waals surface area contributed by atoms with Gasteiger partial charge in [-0.1, -0.05) is 25.1 Å². The molecule has 1 saturated heterocycles. The Morgan fingerprint density at radius 2 is 2.24 bits per heavy atom. The van der Waals surface area contributed by atoms with Gasteiger partial charge in [-0.2, -0.15) is 0 Å². The van der Waals surface area contributed by atoms with Crippen molar-refractivity contribution in [3.63, 3.8) is 0 Å². The highest BCUT2D eigenvalue weighted by molar-refractivity contribution is 5.81. The van der Waals surface area contributed by atoms with Crippen molar-refractivity contribution in [3.8, 4) is 0 Å². The maximum absolute atomic E-state index is 6.19. The lowest BCUT2D eigenvalue weighted by Crippen LogP contribution is -2.41. The zero-order chi connectivity index (χ0) is 14.9. The molecule has 114 valence electrons. The molecule has 2 unspecified atom stereocenters. The van der Waals surface area contributed by atoms with E-state index in [-0.39, 0.29) is 11.6 Å². The summed E-state index contributed by atoms with van der Waals surface area (Å²) >= 11 is 0. The van der Waals surface area contributed by atoms with Crippen LogP contribution >= 0.6 is 0 Å². The lowest BCUT2D eigenvalue weighted by atomic mass is 9.91. The molecule has 1 aliphatic rings. The van der Waals surface area contributed by atoms with Gasteiger partial charge in [0.1, 0.15) is 11.3 Å². The normalized spacial score (nSPS) is 23.8. The first kappa shape index (κ1) is 14.6. The number of para-hydroxylation sites is 1. The third-order valence-corrected chi connectivity index (χ3v) is 4.50. The number of rotatable bonds is 5. The van der Waals surface area contributed by atoms with E-state index in [1.54, 1.807) is 0 Å². The van der Waals surface area contributed by atoms with Crippen LogP contribution in [0.15, 0.2) is 28.7 Å². The van der Waals surface area contributed by atoms with Crippen LogP contribution in [0, 0.1) is 6.92 Å². The van der Waals surface area contributed by atoms with Crippen LogP contribution in [0.1, 0.15) is 50.5 Å². The predicted molar refractivity (Wildman–Crippen MR) is 85.6 cm³/mol. The zero-order valence-electron chi connectivity index (χ0n) is 13.2. The topological polar surface area (TPSA) is 34.4 Å². The second-order valence-electron chi connectivity index (χ2n) is 6.29. The van der Waals surface area contributed by atoms with Crippen molar-refractivity contribution in [1.82, 2.24) is 5.32 Å². The summed E-state index contributed by atoms with van der Waals surface area (Å²) in [6.45, 7) is 8.30. The van der Waals surface area contributed by atoms with Gasteiger partial charge in [-0.3, -0.25) is 0 Å². The van der Waals surface area contributed by atoms with Crippen LogP contribution in [0.25, 0.3) is 11.0 Å². The summed E-state index contributed by atoms with van der Waals surface area (Å²) in [5.41, 5.74) is 2.01. The van der Waals surface area contributed by atoms with E-state index < -0.39 is 0 Å². The monoisotopic (exact) mass is 287 g/mol. The minimum Gasteiger partial charge on any atom is -0.459 e. The van der Waals surface area contributed by atoms with Crippen molar-refractivity contribution in [2.75, 3.05) is 13.2 Å². The number of hydrogen-bond donors (Lipinski definition) is 1. The summed E-state index contributed by atoms with van der Waals surface area (Å²) in [7, 11) is 0. The molecule has 3 rings (SSSR count). The molecule has 1 aromatic heterocycles. The Labute approximate surface area is 126 Å². The van der Waals surface area contributed by atoms with Gasteiger partial charge in [0.25, 0.3) is 0 Å². The van der Waals surface area contributed by atoms with Crippen molar-refractivity contribution in [3.05, 3.63) is 35.6 Å². The molecule has 0 radical (unpaired) electrons. The molecule has 1 aliphatic heterocycles. The molecule has 1 aromatic carbocycles. The number of fused-ring (bicyclic) bond motifs is 1. The van der Waals surface area contributed by atoms with Crippen LogP contribution in [0.4, 0.5) is 0 Å². The van der Waals surface area contributed by atoms with Crippen LogP contribution in [-0.2, 0) is 4.74 Å². The molecule has 2 atom stereocenters. The molecule has 21 heavy (non-hydrogen) atoms. The highest BCUT2D eigenvalue weighted by Gasteiger charge is 2.40. The molecular formula is C18H25NO2. The Morgan fingerprint density at radius 1 is 1.38 bits per heavy atom. The van der Waals surface area contributed by atoms with E-state index in [1.165, 1.54) is 10.9 Å². The molecule has 2 heterocycles. The summed E-state index contributed by atoms with van der Waals surface area (Å²) in [5.74, 6) is 0.997. The van der Waals surface area contributed by atoms with E-state index >= 15 is 0 Å². The third-order valence-electron chi connectivity index (χ3n) is 4.50. The lowest BCUT2D eigenvalue weighted by Gasteiger charge is -2.32. The first-order chi connectivity index (χ1) is 10.1. The van der Waals surface area contributed by atoms with Crippen molar-refractivity contribution >= 4 is 11.0 Å². The summed E-state index contributed by atoms with van der Waals surface area (Å²) < 4.78 is 12.3. The second kappa shape index (κ2) is 5.82. The summed E-state index contributed by atoms with van der Waals surface area (Å²) in [4.78, 5) is 0. The molecule has 2 aromatic rings. The van der Waals surface area contributed by atoms with Gasteiger partial charge in [0.05, 0.1) is 11.6 Å². The molecule has 3 heteroatoms. The summed E-state index contributed by atoms with van der Waals surface area (Å²) in [6.07, 6.45) is 3.30. The molecule has 0 aliphatic carbocycles. The molecular weight excluding hydrogens is 262 g/mol. The Hall–Kier alpha value is -1.32. The van der Waals surface area contributed by atoms with E-state index in [1.807, 2.05) is 0 Å². The van der Waals surface area contributed by atoms with Gasteiger partial charge in [0.2, 0.25) is 0 Å². The minimum atomic E-state index is -0.170. The van der Waals surface area contributed by atoms with E-state index in [9.17, 15) is 0 Å². The van der Waals surface area contributed by atoms with Gasteiger partial charge in [0.15, 0.2) is 0 Å². The third kappa shape index (κ3) is 2.72. The maximum atomic E-state index is 6.19. The fourth-order valence-electron chi connectivity index (χ4n) is 3.31. The Bertz CT molecular complexity index is 611. The average molecular weight is 287 g/mol. The molecule has 1 fully saturated rings. The SMILES string of the molecule is CCCNC(c1cc2cccc(C)c2o1)C1(C)CCCO1. The van der Waals surface area contributed by atoms with Gasteiger partial charge in [0, 0.05) is 12.0 Å². The number of hydrogen-bond acceptors (Lipinski definition) is 3. The van der Waals surface area contributed by atoms with Crippen LogP contribution in [-0.4, -0.2) is 18.8 Å². The molecule has 0 amide bonds. The van der Waals surface area contributed by atoms with Crippen molar-refractivity contribution in [2.45, 2.75) is 51.7 Å². The quantitative estimate of drug-likeness (QED) is 0.887. The first-order valence-electron chi connectivity index (χ1n) is 8.00. The Kier molecular flexibility index (Phi) is 4.05. The lowest BCUT2D eigenvalue weighted by molar-refractivity contribution is -0.0177. The van der Waals surface area contributed by atoms with E-state index in [0.29, 0.717) is 0 Å².